The van der Waals surface area contributed by atoms with Crippen LogP contribution in [0.2, 0.25) is 10.0 Å². The average molecular weight is 377 g/mol. The molecule has 2 aromatic rings. The molecule has 1 aliphatic heterocycles. The second kappa shape index (κ2) is 7.01. The number of aryl methyl sites for hydroxylation is 2. The monoisotopic (exact) mass is 376 g/mol. The molecule has 1 fully saturated rings. The molecule has 3 nitrogen and oxygen atoms in total. The normalized spacial score (nSPS) is 17.6. The Balaban J connectivity index is 1.91. The van der Waals surface area contributed by atoms with Crippen molar-refractivity contribution in [2.75, 3.05) is 0 Å². The van der Waals surface area contributed by atoms with Crippen LogP contribution in [0.4, 0.5) is 5.69 Å². The predicted molar refractivity (Wildman–Crippen MR) is 103 cm³/mol. The molecule has 0 radical (unpaired) electrons. The topological polar surface area (TPSA) is 41.5 Å². The molecule has 2 aromatic carbocycles. The van der Waals surface area contributed by atoms with Crippen molar-refractivity contribution < 1.29 is 4.79 Å². The standard InChI is InChI=1S/C18H14Cl2N2OS/c1-10-6-7-15(11(2)8-10)21-18-22-17(23)16(24-18)9-12-13(19)4-3-5-14(12)20/h3-9H,1-2H3,(H,21,22,23)/b16-9+. The minimum Gasteiger partial charge on any atom is -0.300 e. The van der Waals surface area contributed by atoms with E-state index in [2.05, 4.69) is 16.4 Å². The first kappa shape index (κ1) is 17.1. The zero-order valence-corrected chi connectivity index (χ0v) is 15.4. The van der Waals surface area contributed by atoms with Crippen LogP contribution in [0.5, 0.6) is 0 Å². The third-order valence-electron chi connectivity index (χ3n) is 3.50. The zero-order chi connectivity index (χ0) is 17.3. The Bertz CT molecular complexity index is 870. The van der Waals surface area contributed by atoms with Crippen LogP contribution in [-0.4, -0.2) is 11.1 Å². The van der Waals surface area contributed by atoms with E-state index >= 15 is 0 Å². The van der Waals surface area contributed by atoms with Gasteiger partial charge in [-0.25, -0.2) is 4.99 Å². The second-order valence-corrected chi connectivity index (χ2v) is 7.25. The van der Waals surface area contributed by atoms with Crippen LogP contribution in [0.15, 0.2) is 46.3 Å². The highest BCUT2D eigenvalue weighted by atomic mass is 35.5. The van der Waals surface area contributed by atoms with Crippen LogP contribution in [0, 0.1) is 13.8 Å². The van der Waals surface area contributed by atoms with Gasteiger partial charge in [0.15, 0.2) is 5.17 Å². The van der Waals surface area contributed by atoms with Crippen LogP contribution >= 0.6 is 35.0 Å². The lowest BCUT2D eigenvalue weighted by Crippen LogP contribution is -2.19. The van der Waals surface area contributed by atoms with Crippen molar-refractivity contribution in [1.82, 2.24) is 5.32 Å². The van der Waals surface area contributed by atoms with Gasteiger partial charge in [0.2, 0.25) is 0 Å². The van der Waals surface area contributed by atoms with E-state index < -0.39 is 0 Å². The van der Waals surface area contributed by atoms with Crippen molar-refractivity contribution in [3.05, 3.63) is 68.0 Å². The van der Waals surface area contributed by atoms with Gasteiger partial charge < -0.3 is 5.32 Å². The highest BCUT2D eigenvalue weighted by Crippen LogP contribution is 2.33. The molecular formula is C18H14Cl2N2OS. The van der Waals surface area contributed by atoms with Crippen molar-refractivity contribution in [3.8, 4) is 0 Å². The summed E-state index contributed by atoms with van der Waals surface area (Å²) in [5, 5.41) is 4.32. The van der Waals surface area contributed by atoms with Crippen LogP contribution in [0.3, 0.4) is 0 Å². The van der Waals surface area contributed by atoms with Gasteiger partial charge in [-0.3, -0.25) is 4.79 Å². The number of nitrogens with one attached hydrogen (secondary N) is 1. The van der Waals surface area contributed by atoms with Crippen LogP contribution in [0.1, 0.15) is 16.7 Å². The maximum atomic E-state index is 12.2. The van der Waals surface area contributed by atoms with E-state index in [-0.39, 0.29) is 5.91 Å². The molecule has 1 amide bonds. The molecule has 0 bridgehead atoms. The smallest absolute Gasteiger partial charge is 0.264 e. The molecule has 1 aliphatic rings. The molecule has 0 saturated carbocycles. The van der Waals surface area contributed by atoms with Gasteiger partial charge in [-0.05, 0) is 55.4 Å². The number of rotatable bonds is 2. The average Bonchev–Trinajstić information content (AvgIpc) is 2.86. The summed E-state index contributed by atoms with van der Waals surface area (Å²) < 4.78 is 0. The number of aliphatic imine (C=N–C) groups is 1. The molecule has 6 heteroatoms. The molecule has 0 spiro atoms. The van der Waals surface area contributed by atoms with Gasteiger partial charge in [-0.15, -0.1) is 0 Å². The fraction of sp³-hybridized carbons (Fsp3) is 0.111. The lowest BCUT2D eigenvalue weighted by atomic mass is 10.1. The molecule has 24 heavy (non-hydrogen) atoms. The number of nitrogens with zero attached hydrogens (tertiary/aromatic N) is 1. The molecule has 0 atom stereocenters. The van der Waals surface area contributed by atoms with Gasteiger partial charge in [0.05, 0.1) is 10.6 Å². The van der Waals surface area contributed by atoms with Crippen molar-refractivity contribution in [3.63, 3.8) is 0 Å². The van der Waals surface area contributed by atoms with Crippen molar-refractivity contribution in [1.29, 1.82) is 0 Å². The van der Waals surface area contributed by atoms with Crippen LogP contribution < -0.4 is 5.32 Å². The summed E-state index contributed by atoms with van der Waals surface area (Å²) >= 11 is 13.6. The summed E-state index contributed by atoms with van der Waals surface area (Å²) in [5.74, 6) is -0.209. The molecule has 0 unspecified atom stereocenters. The van der Waals surface area contributed by atoms with E-state index in [0.29, 0.717) is 25.7 Å². The minimum absolute atomic E-state index is 0.209. The molecule has 1 N–H and O–H groups in total. The summed E-state index contributed by atoms with van der Waals surface area (Å²) in [7, 11) is 0. The largest absolute Gasteiger partial charge is 0.300 e. The highest BCUT2D eigenvalue weighted by molar-refractivity contribution is 8.18. The Morgan fingerprint density at radius 1 is 1.12 bits per heavy atom. The molecule has 3 rings (SSSR count). The van der Waals surface area contributed by atoms with E-state index in [1.165, 1.54) is 17.3 Å². The number of hydrogen-bond donors (Lipinski definition) is 1. The second-order valence-electron chi connectivity index (χ2n) is 5.41. The van der Waals surface area contributed by atoms with Gasteiger partial charge in [0.1, 0.15) is 0 Å². The van der Waals surface area contributed by atoms with E-state index in [1.54, 1.807) is 24.3 Å². The quantitative estimate of drug-likeness (QED) is 0.702. The van der Waals surface area contributed by atoms with Gasteiger partial charge in [0, 0.05) is 15.6 Å². The first-order valence-electron chi connectivity index (χ1n) is 7.25. The Kier molecular flexibility index (Phi) is 4.99. The number of halogens is 2. The number of amides is 1. The number of amidine groups is 1. The third kappa shape index (κ3) is 3.66. The van der Waals surface area contributed by atoms with Gasteiger partial charge in [-0.1, -0.05) is 47.0 Å². The van der Waals surface area contributed by atoms with Gasteiger partial charge in [-0.2, -0.15) is 0 Å². The summed E-state index contributed by atoms with van der Waals surface area (Å²) in [6.07, 6.45) is 1.69. The maximum absolute atomic E-state index is 12.2. The van der Waals surface area contributed by atoms with Crippen molar-refractivity contribution >= 4 is 57.8 Å². The summed E-state index contributed by atoms with van der Waals surface area (Å²) in [6.45, 7) is 4.03. The van der Waals surface area contributed by atoms with E-state index in [0.717, 1.165) is 11.3 Å². The summed E-state index contributed by atoms with van der Waals surface area (Å²) in [6, 6.07) is 11.2. The van der Waals surface area contributed by atoms with Crippen molar-refractivity contribution in [2.24, 2.45) is 4.99 Å². The molecule has 122 valence electrons. The molecule has 1 heterocycles. The van der Waals surface area contributed by atoms with Gasteiger partial charge in [0.25, 0.3) is 5.91 Å². The maximum Gasteiger partial charge on any atom is 0.264 e. The molecule has 1 saturated heterocycles. The Morgan fingerprint density at radius 3 is 2.50 bits per heavy atom. The number of benzene rings is 2. The number of hydrogen-bond acceptors (Lipinski definition) is 3. The summed E-state index contributed by atoms with van der Waals surface area (Å²) in [5.41, 5.74) is 3.70. The molecule has 0 aliphatic carbocycles. The number of thioether (sulfide) groups is 1. The SMILES string of the molecule is Cc1ccc(N=C2NC(=O)/C(=C\c3c(Cl)cccc3Cl)S2)c(C)c1. The fourth-order valence-corrected chi connectivity index (χ4v) is 3.62. The van der Waals surface area contributed by atoms with Crippen LogP contribution in [-0.2, 0) is 4.79 Å². The fourth-order valence-electron chi connectivity index (χ4n) is 2.30. The highest BCUT2D eigenvalue weighted by Gasteiger charge is 2.24. The minimum atomic E-state index is -0.209. The Morgan fingerprint density at radius 2 is 1.83 bits per heavy atom. The van der Waals surface area contributed by atoms with Gasteiger partial charge >= 0.3 is 0 Å². The summed E-state index contributed by atoms with van der Waals surface area (Å²) in [4.78, 5) is 17.2. The van der Waals surface area contributed by atoms with E-state index in [1.807, 2.05) is 26.0 Å². The Hall–Kier alpha value is -1.75. The molecular weight excluding hydrogens is 363 g/mol. The number of carbonyl (C=O) groups is 1. The lowest BCUT2D eigenvalue weighted by molar-refractivity contribution is -0.115. The van der Waals surface area contributed by atoms with E-state index in [4.69, 9.17) is 23.2 Å². The predicted octanol–water partition coefficient (Wildman–Crippen LogP) is 5.50. The number of carbonyl (C=O) groups excluding carboxylic acids is 1. The zero-order valence-electron chi connectivity index (χ0n) is 13.1. The Labute approximate surface area is 154 Å². The first-order chi connectivity index (χ1) is 11.4. The van der Waals surface area contributed by atoms with Crippen molar-refractivity contribution in [2.45, 2.75) is 13.8 Å². The van der Waals surface area contributed by atoms with Crippen LogP contribution in [0.25, 0.3) is 6.08 Å². The molecule has 0 aromatic heterocycles. The lowest BCUT2D eigenvalue weighted by Gasteiger charge is -2.02. The third-order valence-corrected chi connectivity index (χ3v) is 5.07. The first-order valence-corrected chi connectivity index (χ1v) is 8.82. The van der Waals surface area contributed by atoms with E-state index in [9.17, 15) is 4.79 Å².